The van der Waals surface area contributed by atoms with Crippen molar-refractivity contribution in [2.24, 2.45) is 0 Å². The highest BCUT2D eigenvalue weighted by Gasteiger charge is 2.13. The normalized spacial score (nSPS) is 10.2. The first-order valence-electron chi connectivity index (χ1n) is 8.72. The molecule has 5 heteroatoms. The van der Waals surface area contributed by atoms with Crippen LogP contribution in [0.15, 0.2) is 79.4 Å². The number of carbonyl (C=O) groups excluding carboxylic acids is 1. The molecule has 0 spiro atoms. The van der Waals surface area contributed by atoms with Gasteiger partial charge in [0.15, 0.2) is 5.75 Å². The van der Waals surface area contributed by atoms with Crippen LogP contribution in [0, 0.1) is 0 Å². The third-order valence-corrected chi connectivity index (χ3v) is 4.30. The van der Waals surface area contributed by atoms with Crippen LogP contribution in [0.5, 0.6) is 17.2 Å². The maximum atomic E-state index is 12.8. The number of benzene rings is 3. The summed E-state index contributed by atoms with van der Waals surface area (Å²) in [7, 11) is 1.60. The number of amides is 1. The predicted octanol–water partition coefficient (Wildman–Crippen LogP) is 6.12. The lowest BCUT2D eigenvalue weighted by molar-refractivity contribution is 0.102. The predicted molar refractivity (Wildman–Crippen MR) is 113 cm³/mol. The van der Waals surface area contributed by atoms with Gasteiger partial charge in [0.25, 0.3) is 5.91 Å². The Kier molecular flexibility index (Phi) is 6.35. The zero-order valence-corrected chi connectivity index (χ0v) is 16.2. The maximum Gasteiger partial charge on any atom is 0.255 e. The van der Waals surface area contributed by atoms with Crippen molar-refractivity contribution in [3.63, 3.8) is 0 Å². The molecular weight excluding hydrogens is 374 g/mol. The van der Waals surface area contributed by atoms with Crippen LogP contribution in [0.4, 0.5) is 5.69 Å². The molecule has 1 N–H and O–H groups in total. The molecule has 0 saturated heterocycles. The van der Waals surface area contributed by atoms with E-state index in [-0.39, 0.29) is 5.91 Å². The SMILES string of the molecule is C=CCc1cc(C(=O)Nc2cc(Cl)ccc2Oc2ccccc2)ccc1OC. The van der Waals surface area contributed by atoms with Crippen LogP contribution in [0.3, 0.4) is 0 Å². The second-order valence-electron chi connectivity index (χ2n) is 6.03. The lowest BCUT2D eigenvalue weighted by Gasteiger charge is -2.14. The number of rotatable bonds is 7. The summed E-state index contributed by atoms with van der Waals surface area (Å²) < 4.78 is 11.2. The van der Waals surface area contributed by atoms with Crippen LogP contribution < -0.4 is 14.8 Å². The lowest BCUT2D eigenvalue weighted by Crippen LogP contribution is -2.13. The molecule has 3 aromatic rings. The summed E-state index contributed by atoms with van der Waals surface area (Å²) in [6, 6.07) is 19.7. The average Bonchev–Trinajstić information content (AvgIpc) is 2.71. The molecule has 0 unspecified atom stereocenters. The van der Waals surface area contributed by atoms with E-state index in [0.29, 0.717) is 39.9 Å². The van der Waals surface area contributed by atoms with Gasteiger partial charge >= 0.3 is 0 Å². The fraction of sp³-hybridized carbons (Fsp3) is 0.0870. The van der Waals surface area contributed by atoms with Gasteiger partial charge in [-0.2, -0.15) is 0 Å². The van der Waals surface area contributed by atoms with Crippen molar-refractivity contribution >= 4 is 23.2 Å². The zero-order valence-electron chi connectivity index (χ0n) is 15.4. The van der Waals surface area contributed by atoms with E-state index in [1.54, 1.807) is 49.6 Å². The van der Waals surface area contributed by atoms with Gasteiger partial charge in [-0.3, -0.25) is 4.79 Å². The Morgan fingerprint density at radius 2 is 1.82 bits per heavy atom. The van der Waals surface area contributed by atoms with E-state index < -0.39 is 0 Å². The van der Waals surface area contributed by atoms with E-state index in [1.807, 2.05) is 30.3 Å². The Hall–Kier alpha value is -3.24. The number of methoxy groups -OCH3 is 1. The number of hydrogen-bond acceptors (Lipinski definition) is 3. The molecule has 0 aliphatic carbocycles. The van der Waals surface area contributed by atoms with Crippen molar-refractivity contribution in [3.8, 4) is 17.2 Å². The molecule has 0 saturated carbocycles. The van der Waals surface area contributed by atoms with E-state index in [9.17, 15) is 4.79 Å². The quantitative estimate of drug-likeness (QED) is 0.492. The highest BCUT2D eigenvalue weighted by atomic mass is 35.5. The number of para-hydroxylation sites is 1. The third kappa shape index (κ3) is 4.72. The molecule has 0 atom stereocenters. The van der Waals surface area contributed by atoms with Crippen molar-refractivity contribution in [2.45, 2.75) is 6.42 Å². The van der Waals surface area contributed by atoms with Gasteiger partial charge in [-0.1, -0.05) is 35.9 Å². The zero-order chi connectivity index (χ0) is 19.9. The topological polar surface area (TPSA) is 47.6 Å². The Bertz CT molecular complexity index is 986. The summed E-state index contributed by atoms with van der Waals surface area (Å²) in [6.07, 6.45) is 2.37. The monoisotopic (exact) mass is 393 g/mol. The first kappa shape index (κ1) is 19.5. The number of carbonyl (C=O) groups is 1. The molecule has 0 radical (unpaired) electrons. The number of hydrogen-bond donors (Lipinski definition) is 1. The van der Waals surface area contributed by atoms with Crippen molar-refractivity contribution in [2.75, 3.05) is 12.4 Å². The largest absolute Gasteiger partial charge is 0.496 e. The first-order chi connectivity index (χ1) is 13.6. The van der Waals surface area contributed by atoms with E-state index in [2.05, 4.69) is 11.9 Å². The molecule has 0 heterocycles. The van der Waals surface area contributed by atoms with Crippen LogP contribution in [-0.4, -0.2) is 13.0 Å². The first-order valence-corrected chi connectivity index (χ1v) is 9.10. The number of anilines is 1. The number of halogens is 1. The van der Waals surface area contributed by atoms with Crippen molar-refractivity contribution in [3.05, 3.63) is 95.5 Å². The van der Waals surface area contributed by atoms with Crippen LogP contribution in [-0.2, 0) is 6.42 Å². The second-order valence-corrected chi connectivity index (χ2v) is 6.47. The Morgan fingerprint density at radius 3 is 2.54 bits per heavy atom. The molecule has 28 heavy (non-hydrogen) atoms. The van der Waals surface area contributed by atoms with Gasteiger partial charge in [0.1, 0.15) is 11.5 Å². The van der Waals surface area contributed by atoms with Gasteiger partial charge in [-0.15, -0.1) is 6.58 Å². The van der Waals surface area contributed by atoms with Crippen LogP contribution >= 0.6 is 11.6 Å². The average molecular weight is 394 g/mol. The molecule has 0 aromatic heterocycles. The highest BCUT2D eigenvalue weighted by Crippen LogP contribution is 2.32. The lowest BCUT2D eigenvalue weighted by atomic mass is 10.1. The van der Waals surface area contributed by atoms with E-state index in [1.165, 1.54) is 0 Å². The summed E-state index contributed by atoms with van der Waals surface area (Å²) in [6.45, 7) is 3.75. The third-order valence-electron chi connectivity index (χ3n) is 4.07. The van der Waals surface area contributed by atoms with Crippen molar-refractivity contribution in [1.29, 1.82) is 0 Å². The van der Waals surface area contributed by atoms with Gasteiger partial charge in [0.2, 0.25) is 0 Å². The summed E-state index contributed by atoms with van der Waals surface area (Å²) in [5.41, 5.74) is 1.88. The van der Waals surface area contributed by atoms with E-state index in [0.717, 1.165) is 5.56 Å². The smallest absolute Gasteiger partial charge is 0.255 e. The van der Waals surface area contributed by atoms with Crippen LogP contribution in [0.1, 0.15) is 15.9 Å². The second kappa shape index (κ2) is 9.11. The summed E-state index contributed by atoms with van der Waals surface area (Å²) in [5.74, 6) is 1.61. The molecule has 3 aromatic carbocycles. The van der Waals surface area contributed by atoms with Gasteiger partial charge in [-0.25, -0.2) is 0 Å². The fourth-order valence-corrected chi connectivity index (χ4v) is 2.91. The molecule has 3 rings (SSSR count). The molecule has 4 nitrogen and oxygen atoms in total. The molecule has 0 fully saturated rings. The molecule has 0 bridgehead atoms. The van der Waals surface area contributed by atoms with Crippen molar-refractivity contribution < 1.29 is 14.3 Å². The summed E-state index contributed by atoms with van der Waals surface area (Å²) in [4.78, 5) is 12.8. The van der Waals surface area contributed by atoms with E-state index >= 15 is 0 Å². The van der Waals surface area contributed by atoms with Crippen LogP contribution in [0.25, 0.3) is 0 Å². The van der Waals surface area contributed by atoms with E-state index in [4.69, 9.17) is 21.1 Å². The number of allylic oxidation sites excluding steroid dienone is 1. The Labute approximate surface area is 169 Å². The molecule has 142 valence electrons. The minimum Gasteiger partial charge on any atom is -0.496 e. The Balaban J connectivity index is 1.86. The molecular formula is C23H20ClNO3. The highest BCUT2D eigenvalue weighted by molar-refractivity contribution is 6.31. The molecule has 0 aliphatic rings. The van der Waals surface area contributed by atoms with Gasteiger partial charge < -0.3 is 14.8 Å². The standard InChI is InChI=1S/C23H20ClNO3/c1-3-7-16-14-17(10-12-21(16)27-2)23(26)25-20-15-18(24)11-13-22(20)28-19-8-5-4-6-9-19/h3-6,8-15H,1,7H2,2H3,(H,25,26). The summed E-state index contributed by atoms with van der Waals surface area (Å²) in [5, 5.41) is 3.38. The minimum absolute atomic E-state index is 0.270. The van der Waals surface area contributed by atoms with Gasteiger partial charge in [-0.05, 0) is 60.5 Å². The fourth-order valence-electron chi connectivity index (χ4n) is 2.73. The van der Waals surface area contributed by atoms with Gasteiger partial charge in [0.05, 0.1) is 12.8 Å². The van der Waals surface area contributed by atoms with Crippen LogP contribution in [0.2, 0.25) is 5.02 Å². The summed E-state index contributed by atoms with van der Waals surface area (Å²) >= 11 is 6.12. The number of nitrogens with one attached hydrogen (secondary N) is 1. The molecule has 1 amide bonds. The van der Waals surface area contributed by atoms with Crippen molar-refractivity contribution in [1.82, 2.24) is 0 Å². The minimum atomic E-state index is -0.270. The maximum absolute atomic E-state index is 12.8. The van der Waals surface area contributed by atoms with Gasteiger partial charge in [0, 0.05) is 10.6 Å². The Morgan fingerprint density at radius 1 is 1.07 bits per heavy atom. The number of ether oxygens (including phenoxy) is 2. The molecule has 0 aliphatic heterocycles.